The quantitative estimate of drug-likeness (QED) is 0.631. The average molecular weight is 283 g/mol. The van der Waals surface area contributed by atoms with E-state index in [-0.39, 0.29) is 5.82 Å². The molecule has 0 amide bonds. The number of hydrogen-bond donors (Lipinski definition) is 0. The van der Waals surface area contributed by atoms with Gasteiger partial charge in [0, 0.05) is 5.56 Å². The zero-order valence-electron chi connectivity index (χ0n) is 11.8. The van der Waals surface area contributed by atoms with Crippen molar-refractivity contribution in [2.24, 2.45) is 0 Å². The molecule has 0 radical (unpaired) electrons. The summed E-state index contributed by atoms with van der Waals surface area (Å²) >= 11 is 0. The maximum absolute atomic E-state index is 13.3. The highest BCUT2D eigenvalue weighted by Crippen LogP contribution is 2.28. The van der Waals surface area contributed by atoms with Gasteiger partial charge in [-0.1, -0.05) is 12.1 Å². The highest BCUT2D eigenvalue weighted by molar-refractivity contribution is 5.90. The van der Waals surface area contributed by atoms with Crippen molar-refractivity contribution in [2.45, 2.75) is 0 Å². The van der Waals surface area contributed by atoms with Crippen LogP contribution >= 0.6 is 0 Å². The van der Waals surface area contributed by atoms with Gasteiger partial charge in [0.15, 0.2) is 0 Å². The van der Waals surface area contributed by atoms with E-state index in [2.05, 4.69) is 6.07 Å². The Kier molecular flexibility index (Phi) is 4.57. The molecule has 4 heteroatoms. The number of nitriles is 1. The van der Waals surface area contributed by atoms with Crippen LogP contribution in [0, 0.1) is 17.1 Å². The summed E-state index contributed by atoms with van der Waals surface area (Å²) in [6, 6.07) is 13.3. The van der Waals surface area contributed by atoms with Crippen molar-refractivity contribution in [2.75, 3.05) is 14.2 Å². The number of ether oxygens (including phenoxy) is 2. The van der Waals surface area contributed by atoms with Crippen LogP contribution < -0.4 is 9.47 Å². The van der Waals surface area contributed by atoms with Gasteiger partial charge in [-0.2, -0.15) is 5.26 Å². The maximum Gasteiger partial charge on any atom is 0.126 e. The normalized spacial score (nSPS) is 10.9. The Morgan fingerprint density at radius 2 is 1.95 bits per heavy atom. The van der Waals surface area contributed by atoms with Gasteiger partial charge < -0.3 is 9.47 Å². The molecule has 0 atom stereocenters. The fourth-order valence-corrected chi connectivity index (χ4v) is 1.94. The maximum atomic E-state index is 13.3. The second-order valence-corrected chi connectivity index (χ2v) is 4.29. The summed E-state index contributed by atoms with van der Waals surface area (Å²) in [6.07, 6.45) is 1.65. The number of benzene rings is 2. The topological polar surface area (TPSA) is 42.2 Å². The third-order valence-corrected chi connectivity index (χ3v) is 2.99. The number of rotatable bonds is 4. The van der Waals surface area contributed by atoms with E-state index in [1.807, 2.05) is 0 Å². The first-order chi connectivity index (χ1) is 10.2. The molecule has 2 aromatic rings. The fraction of sp³-hybridized carbons (Fsp3) is 0.118. The largest absolute Gasteiger partial charge is 0.497 e. The molecule has 0 aliphatic carbocycles. The van der Waals surface area contributed by atoms with Crippen molar-refractivity contribution in [3.63, 3.8) is 0 Å². The first-order valence-corrected chi connectivity index (χ1v) is 6.27. The second kappa shape index (κ2) is 6.58. The van der Waals surface area contributed by atoms with Gasteiger partial charge in [0.1, 0.15) is 17.3 Å². The van der Waals surface area contributed by atoms with Crippen molar-refractivity contribution < 1.29 is 13.9 Å². The van der Waals surface area contributed by atoms with Gasteiger partial charge in [-0.25, -0.2) is 4.39 Å². The molecule has 0 N–H and O–H groups in total. The van der Waals surface area contributed by atoms with Gasteiger partial charge >= 0.3 is 0 Å². The second-order valence-electron chi connectivity index (χ2n) is 4.29. The molecule has 2 rings (SSSR count). The van der Waals surface area contributed by atoms with E-state index in [1.165, 1.54) is 12.1 Å². The lowest BCUT2D eigenvalue weighted by atomic mass is 10.0. The van der Waals surface area contributed by atoms with Gasteiger partial charge in [-0.15, -0.1) is 0 Å². The van der Waals surface area contributed by atoms with E-state index in [9.17, 15) is 9.65 Å². The minimum absolute atomic E-state index is 0.348. The minimum atomic E-state index is -0.383. The number of halogens is 1. The van der Waals surface area contributed by atoms with Crippen LogP contribution in [0.5, 0.6) is 11.5 Å². The van der Waals surface area contributed by atoms with Gasteiger partial charge in [-0.3, -0.25) is 0 Å². The molecule has 21 heavy (non-hydrogen) atoms. The van der Waals surface area contributed by atoms with Gasteiger partial charge in [0.25, 0.3) is 0 Å². The van der Waals surface area contributed by atoms with E-state index < -0.39 is 0 Å². The zero-order valence-corrected chi connectivity index (χ0v) is 11.8. The molecule has 0 saturated heterocycles. The van der Waals surface area contributed by atoms with Crippen LogP contribution in [0.25, 0.3) is 11.6 Å². The van der Waals surface area contributed by atoms with Gasteiger partial charge in [0.2, 0.25) is 0 Å². The lowest BCUT2D eigenvalue weighted by molar-refractivity contribution is 0.402. The van der Waals surface area contributed by atoms with Crippen LogP contribution in [0.1, 0.15) is 11.1 Å². The Labute approximate surface area is 122 Å². The van der Waals surface area contributed by atoms with Crippen molar-refractivity contribution in [1.82, 2.24) is 0 Å². The number of hydrogen-bond acceptors (Lipinski definition) is 3. The lowest BCUT2D eigenvalue weighted by Gasteiger charge is -2.08. The molecule has 3 nitrogen and oxygen atoms in total. The molecular weight excluding hydrogens is 269 g/mol. The van der Waals surface area contributed by atoms with Crippen LogP contribution in [0.15, 0.2) is 42.5 Å². The first kappa shape index (κ1) is 14.6. The summed E-state index contributed by atoms with van der Waals surface area (Å²) in [6.45, 7) is 0. The third kappa shape index (κ3) is 3.40. The molecule has 0 heterocycles. The highest BCUT2D eigenvalue weighted by Gasteiger charge is 2.07. The van der Waals surface area contributed by atoms with Gasteiger partial charge in [0.05, 0.1) is 25.9 Å². The molecule has 0 fully saturated rings. The summed E-state index contributed by atoms with van der Waals surface area (Å²) in [5.74, 6) is 0.879. The summed E-state index contributed by atoms with van der Waals surface area (Å²) in [7, 11) is 3.11. The van der Waals surface area contributed by atoms with Crippen LogP contribution in [-0.2, 0) is 0 Å². The molecule has 0 saturated carbocycles. The molecular formula is C17H14FNO2. The van der Waals surface area contributed by atoms with E-state index in [4.69, 9.17) is 9.47 Å². The Morgan fingerprint density at radius 1 is 1.14 bits per heavy atom. The van der Waals surface area contributed by atoms with Crippen molar-refractivity contribution in [3.05, 3.63) is 59.4 Å². The van der Waals surface area contributed by atoms with Crippen molar-refractivity contribution >= 4 is 11.6 Å². The van der Waals surface area contributed by atoms with E-state index in [0.717, 1.165) is 0 Å². The molecule has 0 aliphatic heterocycles. The van der Waals surface area contributed by atoms with E-state index in [1.54, 1.807) is 50.6 Å². The van der Waals surface area contributed by atoms with Crippen molar-refractivity contribution in [3.8, 4) is 17.6 Å². The van der Waals surface area contributed by atoms with Crippen LogP contribution in [0.3, 0.4) is 0 Å². The summed E-state index contributed by atoms with van der Waals surface area (Å²) in [5, 5.41) is 9.31. The minimum Gasteiger partial charge on any atom is -0.497 e. The van der Waals surface area contributed by atoms with Crippen LogP contribution in [0.2, 0.25) is 0 Å². The number of allylic oxidation sites excluding steroid dienone is 1. The van der Waals surface area contributed by atoms with E-state index in [0.29, 0.717) is 28.2 Å². The Hall–Kier alpha value is -2.80. The predicted molar refractivity (Wildman–Crippen MR) is 79.4 cm³/mol. The first-order valence-electron chi connectivity index (χ1n) is 6.27. The Morgan fingerprint density at radius 3 is 2.57 bits per heavy atom. The fourth-order valence-electron chi connectivity index (χ4n) is 1.94. The Bertz CT molecular complexity index is 717. The summed E-state index contributed by atoms with van der Waals surface area (Å²) < 4.78 is 23.7. The standard InChI is InChI=1S/C17H14FNO2/c1-20-16-6-7-17(21-2)13(10-16)8-14(11-19)12-4-3-5-15(18)9-12/h3-10H,1-2H3/b14-8-. The Balaban J connectivity index is 2.52. The van der Waals surface area contributed by atoms with Crippen LogP contribution in [0.4, 0.5) is 4.39 Å². The van der Waals surface area contributed by atoms with Crippen molar-refractivity contribution in [1.29, 1.82) is 5.26 Å². The molecule has 106 valence electrons. The van der Waals surface area contributed by atoms with Crippen LogP contribution in [-0.4, -0.2) is 14.2 Å². The molecule has 0 aromatic heterocycles. The SMILES string of the molecule is COc1ccc(OC)c(/C=C(/C#N)c2cccc(F)c2)c1. The van der Waals surface area contributed by atoms with Gasteiger partial charge in [-0.05, 0) is 42.0 Å². The smallest absolute Gasteiger partial charge is 0.126 e. The summed E-state index contributed by atoms with van der Waals surface area (Å²) in [4.78, 5) is 0. The third-order valence-electron chi connectivity index (χ3n) is 2.99. The summed E-state index contributed by atoms with van der Waals surface area (Å²) in [5.41, 5.74) is 1.56. The number of nitrogens with zero attached hydrogens (tertiary/aromatic N) is 1. The number of methoxy groups -OCH3 is 2. The molecule has 0 bridgehead atoms. The predicted octanol–water partition coefficient (Wildman–Crippen LogP) is 3.91. The molecule has 0 unspecified atom stereocenters. The monoisotopic (exact) mass is 283 g/mol. The van der Waals surface area contributed by atoms with E-state index >= 15 is 0 Å². The highest BCUT2D eigenvalue weighted by atomic mass is 19.1. The molecule has 2 aromatic carbocycles. The average Bonchev–Trinajstić information content (AvgIpc) is 2.52. The molecule has 0 aliphatic rings. The lowest BCUT2D eigenvalue weighted by Crippen LogP contribution is -1.91. The zero-order chi connectivity index (χ0) is 15.2. The molecule has 0 spiro atoms.